The standard InChI is InChI=1S/C34H23F9O2/c1-2-3-19-4-12-26-21(14-19)9-13-27(32(26)38)22-5-6-23(28(35)15-22)18-44-25-16-29(36)31(30(37)17-25)20-7-10-24(11-8-20)33(39,40)45-34(41,42)43/h4-17H,2-3,18H2,1H3. The molecule has 0 fully saturated rings. The molecule has 0 amide bonds. The van der Waals surface area contributed by atoms with E-state index < -0.39 is 53.5 Å². The Kier molecular flexibility index (Phi) is 8.84. The van der Waals surface area contributed by atoms with Crippen LogP contribution in [0.5, 0.6) is 5.75 Å². The summed E-state index contributed by atoms with van der Waals surface area (Å²) in [5.41, 5.74) is -0.490. The molecule has 234 valence electrons. The van der Waals surface area contributed by atoms with E-state index in [1.54, 1.807) is 18.2 Å². The number of hydrogen-bond donors (Lipinski definition) is 0. The summed E-state index contributed by atoms with van der Waals surface area (Å²) < 4.78 is 132. The van der Waals surface area contributed by atoms with E-state index in [1.165, 1.54) is 12.1 Å². The zero-order valence-electron chi connectivity index (χ0n) is 23.4. The largest absolute Gasteiger partial charge is 0.527 e. The van der Waals surface area contributed by atoms with Gasteiger partial charge in [-0.25, -0.2) is 22.3 Å². The molecule has 0 aliphatic rings. The molecular formula is C34H23F9O2. The van der Waals surface area contributed by atoms with Crippen molar-refractivity contribution >= 4 is 10.8 Å². The summed E-state index contributed by atoms with van der Waals surface area (Å²) in [6, 6.07) is 17.1. The molecule has 0 bridgehead atoms. The number of benzene rings is 5. The van der Waals surface area contributed by atoms with Crippen LogP contribution in [0.4, 0.5) is 39.5 Å². The number of alkyl halides is 5. The third-order valence-electron chi connectivity index (χ3n) is 7.08. The minimum Gasteiger partial charge on any atom is -0.489 e. The first kappa shape index (κ1) is 31.9. The SMILES string of the molecule is CCCc1ccc2c(F)c(-c3ccc(COc4cc(F)c(-c5ccc(C(F)(F)OC(F)(F)F)cc5)c(F)c4)c(F)c3)ccc2c1. The Morgan fingerprint density at radius 3 is 1.96 bits per heavy atom. The van der Waals surface area contributed by atoms with Gasteiger partial charge in [0, 0.05) is 28.6 Å². The van der Waals surface area contributed by atoms with Crippen molar-refractivity contribution in [2.75, 3.05) is 0 Å². The second-order valence-electron chi connectivity index (χ2n) is 10.2. The highest BCUT2D eigenvalue weighted by atomic mass is 19.4. The molecule has 5 aromatic rings. The van der Waals surface area contributed by atoms with Crippen LogP contribution in [-0.2, 0) is 23.9 Å². The van der Waals surface area contributed by atoms with E-state index in [-0.39, 0.29) is 28.0 Å². The van der Waals surface area contributed by atoms with Gasteiger partial charge in [0.05, 0.1) is 11.1 Å². The van der Waals surface area contributed by atoms with Crippen LogP contribution in [0.3, 0.4) is 0 Å². The van der Waals surface area contributed by atoms with Crippen LogP contribution in [0.1, 0.15) is 30.0 Å². The molecule has 5 rings (SSSR count). The first-order chi connectivity index (χ1) is 21.3. The first-order valence-electron chi connectivity index (χ1n) is 13.6. The average Bonchev–Trinajstić information content (AvgIpc) is 2.96. The zero-order valence-corrected chi connectivity index (χ0v) is 23.4. The van der Waals surface area contributed by atoms with Crippen molar-refractivity contribution < 1.29 is 49.0 Å². The number of fused-ring (bicyclic) bond motifs is 1. The predicted octanol–water partition coefficient (Wildman–Crippen LogP) is 10.8. The lowest BCUT2D eigenvalue weighted by molar-refractivity contribution is -0.431. The van der Waals surface area contributed by atoms with Crippen LogP contribution in [0.2, 0.25) is 0 Å². The van der Waals surface area contributed by atoms with Crippen LogP contribution in [0, 0.1) is 23.3 Å². The van der Waals surface area contributed by atoms with Crippen LogP contribution in [0.25, 0.3) is 33.0 Å². The maximum Gasteiger partial charge on any atom is 0.527 e. The van der Waals surface area contributed by atoms with Crippen molar-refractivity contribution in [2.45, 2.75) is 38.8 Å². The number of halogens is 9. The molecule has 45 heavy (non-hydrogen) atoms. The maximum atomic E-state index is 15.3. The van der Waals surface area contributed by atoms with Gasteiger partial charge in [-0.1, -0.05) is 67.9 Å². The Hall–Kier alpha value is -4.51. The zero-order chi connectivity index (χ0) is 32.5. The van der Waals surface area contributed by atoms with Crippen LogP contribution in [0.15, 0.2) is 84.9 Å². The normalized spacial score (nSPS) is 12.1. The summed E-state index contributed by atoms with van der Waals surface area (Å²) in [6.45, 7) is 1.61. The van der Waals surface area contributed by atoms with Gasteiger partial charge >= 0.3 is 12.5 Å². The van der Waals surface area contributed by atoms with Gasteiger partial charge in [-0.05, 0) is 46.7 Å². The summed E-state index contributed by atoms with van der Waals surface area (Å²) in [5.74, 6) is -3.89. The Labute approximate surface area is 251 Å². The fraction of sp³-hybridized carbons (Fsp3) is 0.176. The molecule has 0 aliphatic carbocycles. The minimum absolute atomic E-state index is 0.0200. The average molecular weight is 635 g/mol. The molecule has 0 aromatic heterocycles. The number of hydrogen-bond acceptors (Lipinski definition) is 2. The second kappa shape index (κ2) is 12.5. The summed E-state index contributed by atoms with van der Waals surface area (Å²) in [7, 11) is 0. The van der Waals surface area contributed by atoms with E-state index in [2.05, 4.69) is 4.74 Å². The van der Waals surface area contributed by atoms with Gasteiger partial charge < -0.3 is 4.74 Å². The number of aryl methyl sites for hydroxylation is 1. The molecule has 0 radical (unpaired) electrons. The van der Waals surface area contributed by atoms with E-state index in [4.69, 9.17) is 4.74 Å². The lowest BCUT2D eigenvalue weighted by atomic mass is 9.97. The smallest absolute Gasteiger partial charge is 0.489 e. The third kappa shape index (κ3) is 7.09. The monoisotopic (exact) mass is 634 g/mol. The van der Waals surface area contributed by atoms with Gasteiger partial charge in [-0.2, -0.15) is 8.78 Å². The molecule has 11 heteroatoms. The molecule has 0 unspecified atom stereocenters. The number of rotatable bonds is 9. The summed E-state index contributed by atoms with van der Waals surface area (Å²) in [5, 5.41) is 1.13. The van der Waals surface area contributed by atoms with Gasteiger partial charge in [-0.15, -0.1) is 13.2 Å². The van der Waals surface area contributed by atoms with E-state index >= 15 is 4.39 Å². The van der Waals surface area contributed by atoms with Crippen LogP contribution < -0.4 is 4.74 Å². The summed E-state index contributed by atoms with van der Waals surface area (Å²) in [4.78, 5) is 0. The molecule has 0 atom stereocenters. The fourth-order valence-corrected chi connectivity index (χ4v) is 4.95. The third-order valence-corrected chi connectivity index (χ3v) is 7.08. The van der Waals surface area contributed by atoms with Gasteiger partial charge in [0.1, 0.15) is 35.6 Å². The Bertz CT molecular complexity index is 1830. The fourth-order valence-electron chi connectivity index (χ4n) is 4.95. The molecule has 0 heterocycles. The highest BCUT2D eigenvalue weighted by Crippen LogP contribution is 2.38. The molecule has 0 N–H and O–H groups in total. The summed E-state index contributed by atoms with van der Waals surface area (Å²) >= 11 is 0. The van der Waals surface area contributed by atoms with Crippen molar-refractivity contribution in [3.63, 3.8) is 0 Å². The molecular weight excluding hydrogens is 611 g/mol. The predicted molar refractivity (Wildman–Crippen MR) is 150 cm³/mol. The van der Waals surface area contributed by atoms with Gasteiger partial charge in [-0.3, -0.25) is 0 Å². The van der Waals surface area contributed by atoms with Crippen LogP contribution >= 0.6 is 0 Å². The quantitative estimate of drug-likeness (QED) is 0.150. The Morgan fingerprint density at radius 2 is 1.33 bits per heavy atom. The highest BCUT2D eigenvalue weighted by molar-refractivity contribution is 5.88. The van der Waals surface area contributed by atoms with Crippen molar-refractivity contribution in [1.82, 2.24) is 0 Å². The van der Waals surface area contributed by atoms with Gasteiger partial charge in [0.2, 0.25) is 0 Å². The van der Waals surface area contributed by atoms with Crippen molar-refractivity contribution in [2.24, 2.45) is 0 Å². The molecule has 0 saturated carbocycles. The second-order valence-corrected chi connectivity index (χ2v) is 10.2. The first-order valence-corrected chi connectivity index (χ1v) is 13.6. The minimum atomic E-state index is -5.62. The van der Waals surface area contributed by atoms with Gasteiger partial charge in [0.15, 0.2) is 0 Å². The maximum absolute atomic E-state index is 15.3. The van der Waals surface area contributed by atoms with Crippen LogP contribution in [-0.4, -0.2) is 6.36 Å². The van der Waals surface area contributed by atoms with Crippen molar-refractivity contribution in [3.05, 3.63) is 125 Å². The topological polar surface area (TPSA) is 18.5 Å². The van der Waals surface area contributed by atoms with Crippen molar-refractivity contribution in [3.8, 4) is 28.0 Å². The van der Waals surface area contributed by atoms with E-state index in [0.29, 0.717) is 17.5 Å². The molecule has 0 saturated heterocycles. The molecule has 5 aromatic carbocycles. The van der Waals surface area contributed by atoms with E-state index in [0.717, 1.165) is 54.1 Å². The summed E-state index contributed by atoms with van der Waals surface area (Å²) in [6.07, 6.45) is -8.52. The lowest BCUT2D eigenvalue weighted by Crippen LogP contribution is -2.27. The Morgan fingerprint density at radius 1 is 0.667 bits per heavy atom. The van der Waals surface area contributed by atoms with Gasteiger partial charge in [0.25, 0.3) is 0 Å². The molecule has 2 nitrogen and oxygen atoms in total. The lowest BCUT2D eigenvalue weighted by Gasteiger charge is -2.19. The molecule has 0 aliphatic heterocycles. The van der Waals surface area contributed by atoms with E-state index in [9.17, 15) is 35.1 Å². The number of ether oxygens (including phenoxy) is 2. The Balaban J connectivity index is 1.31. The van der Waals surface area contributed by atoms with Crippen molar-refractivity contribution in [1.29, 1.82) is 0 Å². The van der Waals surface area contributed by atoms with E-state index in [1.807, 2.05) is 19.1 Å². The molecule has 0 spiro atoms. The highest BCUT2D eigenvalue weighted by Gasteiger charge is 2.46.